The van der Waals surface area contributed by atoms with Crippen molar-refractivity contribution in [3.63, 3.8) is 0 Å². The fourth-order valence-corrected chi connectivity index (χ4v) is 1.45. The van der Waals surface area contributed by atoms with E-state index >= 15 is 0 Å². The van der Waals surface area contributed by atoms with Crippen molar-refractivity contribution in [1.29, 1.82) is 0 Å². The maximum absolute atomic E-state index is 12.6. The molecule has 1 rings (SSSR count). The van der Waals surface area contributed by atoms with Crippen LogP contribution in [0.4, 0.5) is 4.39 Å². The summed E-state index contributed by atoms with van der Waals surface area (Å²) in [6.45, 7) is 9.46. The quantitative estimate of drug-likeness (QED) is 0.685. The van der Waals surface area contributed by atoms with Crippen molar-refractivity contribution in [1.82, 2.24) is 0 Å². The summed E-state index contributed by atoms with van der Waals surface area (Å²) in [5, 5.41) is 0. The molecule has 0 saturated heterocycles. The Morgan fingerprint density at radius 3 is 2.53 bits per heavy atom. The largest absolute Gasteiger partial charge is 0.250 e. The monoisotopic (exact) mass is 205 g/mol. The molecule has 1 heteroatoms. The van der Waals surface area contributed by atoms with Crippen LogP contribution in [0.25, 0.3) is 6.08 Å². The SMILES string of the molecule is C=Cc1cc([C](C)CF)cc(C(C)C)c1. The van der Waals surface area contributed by atoms with E-state index in [2.05, 4.69) is 32.6 Å². The first-order chi connectivity index (χ1) is 7.08. The standard InChI is InChI=1S/C14H18F/c1-5-12-6-13(10(2)3)8-14(7-12)11(4)9-15/h5-8,10H,1,9H2,2-4H3. The van der Waals surface area contributed by atoms with Gasteiger partial charge < -0.3 is 0 Å². The van der Waals surface area contributed by atoms with Crippen molar-refractivity contribution in [2.45, 2.75) is 26.7 Å². The molecule has 0 bridgehead atoms. The van der Waals surface area contributed by atoms with Crippen LogP contribution in [0.2, 0.25) is 0 Å². The molecule has 0 aliphatic carbocycles. The van der Waals surface area contributed by atoms with E-state index in [1.807, 2.05) is 13.0 Å². The van der Waals surface area contributed by atoms with Gasteiger partial charge in [0.2, 0.25) is 0 Å². The van der Waals surface area contributed by atoms with Crippen LogP contribution in [-0.4, -0.2) is 6.67 Å². The Hall–Kier alpha value is -1.11. The maximum Gasteiger partial charge on any atom is 0.0997 e. The molecule has 1 radical (unpaired) electrons. The average Bonchev–Trinajstić information content (AvgIpc) is 2.27. The number of alkyl halides is 1. The first-order valence-electron chi connectivity index (χ1n) is 5.24. The highest BCUT2D eigenvalue weighted by molar-refractivity contribution is 5.52. The second-order valence-electron chi connectivity index (χ2n) is 4.16. The topological polar surface area (TPSA) is 0 Å². The van der Waals surface area contributed by atoms with Crippen molar-refractivity contribution in [3.05, 3.63) is 47.4 Å². The van der Waals surface area contributed by atoms with Crippen molar-refractivity contribution in [2.24, 2.45) is 0 Å². The third kappa shape index (κ3) is 2.92. The molecule has 0 unspecified atom stereocenters. The lowest BCUT2D eigenvalue weighted by atomic mass is 9.93. The molecule has 1 aromatic carbocycles. The lowest BCUT2D eigenvalue weighted by Crippen LogP contribution is -1.99. The molecular weight excluding hydrogens is 187 g/mol. The predicted octanol–water partition coefficient (Wildman–Crippen LogP) is 4.36. The van der Waals surface area contributed by atoms with Crippen LogP contribution < -0.4 is 0 Å². The molecule has 0 aromatic heterocycles. The molecule has 0 amide bonds. The highest BCUT2D eigenvalue weighted by atomic mass is 19.1. The van der Waals surface area contributed by atoms with E-state index in [0.29, 0.717) is 5.92 Å². The molecule has 0 aliphatic heterocycles. The lowest BCUT2D eigenvalue weighted by molar-refractivity contribution is 0.516. The lowest BCUT2D eigenvalue weighted by Gasteiger charge is -2.13. The van der Waals surface area contributed by atoms with Crippen molar-refractivity contribution >= 4 is 6.08 Å². The van der Waals surface area contributed by atoms with Crippen LogP contribution >= 0.6 is 0 Å². The van der Waals surface area contributed by atoms with Gasteiger partial charge in [-0.1, -0.05) is 51.6 Å². The summed E-state index contributed by atoms with van der Waals surface area (Å²) in [6, 6.07) is 6.15. The maximum atomic E-state index is 12.6. The second kappa shape index (κ2) is 5.11. The molecule has 0 fully saturated rings. The van der Waals surface area contributed by atoms with Gasteiger partial charge in [0.05, 0.1) is 6.67 Å². The van der Waals surface area contributed by atoms with Crippen LogP contribution in [0.3, 0.4) is 0 Å². The first kappa shape index (κ1) is 12.0. The minimum atomic E-state index is -0.391. The molecule has 0 nitrogen and oxygen atoms in total. The van der Waals surface area contributed by atoms with Crippen molar-refractivity contribution < 1.29 is 4.39 Å². The molecule has 0 N–H and O–H groups in total. The third-order valence-corrected chi connectivity index (χ3v) is 2.57. The fourth-order valence-electron chi connectivity index (χ4n) is 1.45. The zero-order valence-corrected chi connectivity index (χ0v) is 9.68. The Bertz CT molecular complexity index is 339. The number of halogens is 1. The highest BCUT2D eigenvalue weighted by Gasteiger charge is 2.09. The van der Waals surface area contributed by atoms with Crippen molar-refractivity contribution in [3.8, 4) is 0 Å². The number of benzene rings is 1. The minimum Gasteiger partial charge on any atom is -0.250 e. The molecule has 1 aromatic rings. The molecule has 0 aliphatic rings. The van der Waals surface area contributed by atoms with Gasteiger partial charge in [-0.15, -0.1) is 0 Å². The molecule has 0 atom stereocenters. The summed E-state index contributed by atoms with van der Waals surface area (Å²) in [7, 11) is 0. The summed E-state index contributed by atoms with van der Waals surface area (Å²) in [5.41, 5.74) is 3.28. The number of hydrogen-bond acceptors (Lipinski definition) is 0. The van der Waals surface area contributed by atoms with E-state index < -0.39 is 6.67 Å². The summed E-state index contributed by atoms with van der Waals surface area (Å²) >= 11 is 0. The van der Waals surface area contributed by atoms with Crippen LogP contribution in [0, 0.1) is 5.92 Å². The van der Waals surface area contributed by atoms with E-state index in [1.165, 1.54) is 5.56 Å². The summed E-state index contributed by atoms with van der Waals surface area (Å²) in [6.07, 6.45) is 1.81. The normalized spacial score (nSPS) is 11.1. The first-order valence-corrected chi connectivity index (χ1v) is 5.24. The van der Waals surface area contributed by atoms with Gasteiger partial charge in [0, 0.05) is 5.92 Å². The van der Waals surface area contributed by atoms with Crippen molar-refractivity contribution in [2.75, 3.05) is 6.67 Å². The smallest absolute Gasteiger partial charge is 0.0997 e. The van der Waals surface area contributed by atoms with Gasteiger partial charge in [-0.2, -0.15) is 0 Å². The van der Waals surface area contributed by atoms with Gasteiger partial charge >= 0.3 is 0 Å². The van der Waals surface area contributed by atoms with Gasteiger partial charge in [0.15, 0.2) is 0 Å². The van der Waals surface area contributed by atoms with Crippen LogP contribution in [-0.2, 0) is 0 Å². The van der Waals surface area contributed by atoms with E-state index in [1.54, 1.807) is 6.08 Å². The highest BCUT2D eigenvalue weighted by Crippen LogP contribution is 2.23. The van der Waals surface area contributed by atoms with E-state index in [0.717, 1.165) is 17.0 Å². The van der Waals surface area contributed by atoms with Gasteiger partial charge in [0.25, 0.3) is 0 Å². The molecule has 15 heavy (non-hydrogen) atoms. The second-order valence-corrected chi connectivity index (χ2v) is 4.16. The Morgan fingerprint density at radius 1 is 1.40 bits per heavy atom. The van der Waals surface area contributed by atoms with E-state index in [-0.39, 0.29) is 0 Å². The Kier molecular flexibility index (Phi) is 4.07. The zero-order valence-electron chi connectivity index (χ0n) is 9.68. The Morgan fingerprint density at radius 2 is 2.07 bits per heavy atom. The van der Waals surface area contributed by atoms with Crippen LogP contribution in [0.15, 0.2) is 24.8 Å². The molecular formula is C14H18F. The minimum absolute atomic E-state index is 0.391. The number of rotatable bonds is 4. The Balaban J connectivity index is 3.16. The summed E-state index contributed by atoms with van der Waals surface area (Å²) in [5.74, 6) is 1.23. The van der Waals surface area contributed by atoms with Gasteiger partial charge in [-0.3, -0.25) is 4.39 Å². The predicted molar refractivity (Wildman–Crippen MR) is 64.6 cm³/mol. The molecule has 0 spiro atoms. The van der Waals surface area contributed by atoms with Crippen LogP contribution in [0.5, 0.6) is 0 Å². The number of hydrogen-bond donors (Lipinski definition) is 0. The average molecular weight is 205 g/mol. The molecule has 0 heterocycles. The third-order valence-electron chi connectivity index (χ3n) is 2.57. The van der Waals surface area contributed by atoms with Gasteiger partial charge in [-0.05, 0) is 22.6 Å². The zero-order chi connectivity index (χ0) is 11.4. The fraction of sp³-hybridized carbons (Fsp3) is 0.357. The van der Waals surface area contributed by atoms with Crippen LogP contribution in [0.1, 0.15) is 43.4 Å². The van der Waals surface area contributed by atoms with E-state index in [9.17, 15) is 4.39 Å². The van der Waals surface area contributed by atoms with E-state index in [4.69, 9.17) is 0 Å². The molecule has 0 saturated carbocycles. The van der Waals surface area contributed by atoms with Gasteiger partial charge in [-0.25, -0.2) is 0 Å². The Labute approximate surface area is 91.8 Å². The molecule has 81 valence electrons. The summed E-state index contributed by atoms with van der Waals surface area (Å²) in [4.78, 5) is 0. The van der Waals surface area contributed by atoms with Gasteiger partial charge in [0.1, 0.15) is 0 Å². The summed E-state index contributed by atoms with van der Waals surface area (Å²) < 4.78 is 12.6.